The summed E-state index contributed by atoms with van der Waals surface area (Å²) in [7, 11) is 0. The molecule has 66 valence electrons. The van der Waals surface area contributed by atoms with Gasteiger partial charge in [-0.05, 0) is 0 Å². The first kappa shape index (κ1) is 10.2. The zero-order valence-corrected chi connectivity index (χ0v) is 9.16. The van der Waals surface area contributed by atoms with Gasteiger partial charge in [-0.2, -0.15) is 0 Å². The molecule has 0 aliphatic rings. The molecule has 0 aromatic heterocycles. The molecule has 0 atom stereocenters. The van der Waals surface area contributed by atoms with Crippen molar-refractivity contribution in [1.82, 2.24) is 0 Å². The van der Waals surface area contributed by atoms with Crippen LogP contribution in [-0.2, 0) is 0 Å². The van der Waals surface area contributed by atoms with Gasteiger partial charge >= 0.3 is 79.2 Å². The Kier molecular flexibility index (Phi) is 3.70. The van der Waals surface area contributed by atoms with Crippen molar-refractivity contribution in [3.63, 3.8) is 0 Å². The van der Waals surface area contributed by atoms with Gasteiger partial charge in [-0.1, -0.05) is 0 Å². The number of hydrogen-bond acceptors (Lipinski definition) is 2. The van der Waals surface area contributed by atoms with Gasteiger partial charge < -0.3 is 0 Å². The van der Waals surface area contributed by atoms with Crippen LogP contribution in [0.4, 0.5) is 0 Å². The molecule has 2 nitrogen and oxygen atoms in total. The fraction of sp³-hybridized carbons (Fsp3) is 0.250. The molecule has 0 fully saturated rings. The van der Waals surface area contributed by atoms with E-state index in [0.717, 1.165) is 5.30 Å². The van der Waals surface area contributed by atoms with E-state index in [1.165, 1.54) is 0 Å². The minimum atomic E-state index is -1.80. The van der Waals surface area contributed by atoms with Gasteiger partial charge in [-0.3, -0.25) is 0 Å². The maximum atomic E-state index is 9.10. The molecule has 0 spiro atoms. The molecule has 0 bridgehead atoms. The summed E-state index contributed by atoms with van der Waals surface area (Å²) < 4.78 is 0. The van der Waals surface area contributed by atoms with Gasteiger partial charge in [0, 0.05) is 0 Å². The molecule has 0 aliphatic heterocycles. The molecule has 0 saturated heterocycles. The predicted octanol–water partition coefficient (Wildman–Crippen LogP) is 0.313. The second-order valence-corrected chi connectivity index (χ2v) is 9.77. The van der Waals surface area contributed by atoms with Gasteiger partial charge in [0.15, 0.2) is 0 Å². The van der Waals surface area contributed by atoms with Gasteiger partial charge in [0.1, 0.15) is 0 Å². The maximum absolute atomic E-state index is 9.10. The van der Waals surface area contributed by atoms with Gasteiger partial charge in [0.05, 0.1) is 0 Å². The van der Waals surface area contributed by atoms with E-state index in [1.54, 1.807) is 0 Å². The first-order chi connectivity index (χ1) is 5.73. The summed E-state index contributed by atoms with van der Waals surface area (Å²) in [5.74, 6) is 0. The number of aliphatic hydroxyl groups is 2. The summed E-state index contributed by atoms with van der Waals surface area (Å²) in [6, 6.07) is 9.59. The van der Waals surface area contributed by atoms with Crippen molar-refractivity contribution in [2.24, 2.45) is 0 Å². The van der Waals surface area contributed by atoms with E-state index in [0.29, 0.717) is 0 Å². The fourth-order valence-electron chi connectivity index (χ4n) is 0.908. The van der Waals surface area contributed by atoms with Crippen LogP contribution in [0.25, 0.3) is 0 Å². The van der Waals surface area contributed by atoms with Crippen molar-refractivity contribution in [3.8, 4) is 0 Å². The molecular weight excluding hydrogens is 238 g/mol. The second kappa shape index (κ2) is 4.36. The summed E-state index contributed by atoms with van der Waals surface area (Å²) >= 11 is 2.92. The number of aliphatic hydroxyl groups excluding tert-OH is 2. The predicted molar refractivity (Wildman–Crippen MR) is 52.9 cm³/mol. The molecule has 0 saturated carbocycles. The van der Waals surface area contributed by atoms with Crippen LogP contribution in [0.5, 0.6) is 0 Å². The summed E-state index contributed by atoms with van der Waals surface area (Å²) in [5.41, 5.74) is -1.80. The van der Waals surface area contributed by atoms with Crippen LogP contribution in [0.2, 0.25) is 0 Å². The fourth-order valence-corrected chi connectivity index (χ4v) is 2.81. The van der Waals surface area contributed by atoms with E-state index in [9.17, 15) is 0 Å². The summed E-state index contributed by atoms with van der Waals surface area (Å²) in [6.07, 6.45) is 0.0427. The average Bonchev–Trinajstić information content (AvgIpc) is 2.18. The Bertz CT molecular complexity index is 278. The molecule has 0 unspecified atom stereocenters. The van der Waals surface area contributed by atoms with Crippen molar-refractivity contribution >= 4 is 25.9 Å². The van der Waals surface area contributed by atoms with Crippen LogP contribution < -0.4 is 5.30 Å². The molecule has 1 aromatic rings. The van der Waals surface area contributed by atoms with Crippen LogP contribution >= 0.6 is 5.51 Å². The van der Waals surface area contributed by atoms with Crippen molar-refractivity contribution in [2.75, 3.05) is 12.7 Å². The third-order valence-corrected chi connectivity index (χ3v) is 6.62. The topological polar surface area (TPSA) is 40.5 Å². The molecule has 12 heavy (non-hydrogen) atoms. The van der Waals surface area contributed by atoms with E-state index >= 15 is 0 Å². The van der Waals surface area contributed by atoms with Crippen molar-refractivity contribution in [3.05, 3.63) is 30.3 Å². The standard InChI is InChI=1S/C8H11O2PSe/c9-6-11(12,7-10)8-4-2-1-3-5-8/h1-5,9-10H,6-7H2. The average molecular weight is 249 g/mol. The minimum absolute atomic E-state index is 0.0213. The zero-order chi connectivity index (χ0) is 9.03. The summed E-state index contributed by atoms with van der Waals surface area (Å²) in [4.78, 5) is 0. The third-order valence-electron chi connectivity index (χ3n) is 1.68. The number of hydrogen-bond donors (Lipinski definition) is 2. The quantitative estimate of drug-likeness (QED) is 0.598. The van der Waals surface area contributed by atoms with E-state index < -0.39 is 5.51 Å². The molecule has 4 heteroatoms. The number of benzene rings is 1. The van der Waals surface area contributed by atoms with Crippen molar-refractivity contribution in [1.29, 1.82) is 0 Å². The van der Waals surface area contributed by atoms with Gasteiger partial charge in [0.2, 0.25) is 0 Å². The van der Waals surface area contributed by atoms with E-state index in [1.807, 2.05) is 30.3 Å². The molecule has 2 N–H and O–H groups in total. The first-order valence-electron chi connectivity index (χ1n) is 3.58. The molecule has 0 radical (unpaired) electrons. The van der Waals surface area contributed by atoms with Crippen LogP contribution in [0.3, 0.4) is 0 Å². The van der Waals surface area contributed by atoms with E-state index in [-0.39, 0.29) is 12.7 Å². The van der Waals surface area contributed by atoms with Crippen molar-refractivity contribution in [2.45, 2.75) is 0 Å². The Balaban J connectivity index is 3.04. The van der Waals surface area contributed by atoms with Gasteiger partial charge in [-0.15, -0.1) is 0 Å². The Labute approximate surface area is 79.5 Å². The van der Waals surface area contributed by atoms with Crippen LogP contribution in [0.1, 0.15) is 0 Å². The number of rotatable bonds is 3. The molecule has 1 rings (SSSR count). The SMILES string of the molecule is OCP(=[Se])(CO)c1ccccc1. The zero-order valence-electron chi connectivity index (χ0n) is 6.55. The molecule has 0 amide bonds. The second-order valence-electron chi connectivity index (χ2n) is 2.51. The molecular formula is C8H11O2PSe. The Morgan fingerprint density at radius 3 is 2.00 bits per heavy atom. The van der Waals surface area contributed by atoms with Crippen LogP contribution in [0.15, 0.2) is 30.3 Å². The summed E-state index contributed by atoms with van der Waals surface area (Å²) in [5, 5.41) is 19.2. The van der Waals surface area contributed by atoms with Crippen LogP contribution in [0, 0.1) is 0 Å². The third kappa shape index (κ3) is 2.07. The molecule has 1 aromatic carbocycles. The Hall–Kier alpha value is 0.0895. The van der Waals surface area contributed by atoms with Gasteiger partial charge in [0.25, 0.3) is 0 Å². The molecule has 0 heterocycles. The van der Waals surface area contributed by atoms with Crippen molar-refractivity contribution < 1.29 is 10.2 Å². The van der Waals surface area contributed by atoms with Crippen LogP contribution in [-0.4, -0.2) is 38.0 Å². The first-order valence-corrected chi connectivity index (χ1v) is 7.96. The van der Waals surface area contributed by atoms with Gasteiger partial charge in [-0.25, -0.2) is 0 Å². The van der Waals surface area contributed by atoms with E-state index in [4.69, 9.17) is 10.2 Å². The Morgan fingerprint density at radius 1 is 1.08 bits per heavy atom. The van der Waals surface area contributed by atoms with E-state index in [2.05, 4.69) is 15.1 Å². The summed E-state index contributed by atoms with van der Waals surface area (Å²) in [6.45, 7) is 0. The normalized spacial score (nSPS) is 11.5. The Morgan fingerprint density at radius 2 is 1.58 bits per heavy atom. The molecule has 0 aliphatic carbocycles. The monoisotopic (exact) mass is 250 g/mol.